The monoisotopic (exact) mass is 293 g/mol. The summed E-state index contributed by atoms with van der Waals surface area (Å²) in [6.07, 6.45) is 2.92. The Morgan fingerprint density at radius 1 is 1.23 bits per heavy atom. The molecule has 1 atom stereocenters. The standard InChI is InChI=1S/C19H19NO2/c1-3-11-19(13-14-7-6-8-15(21)12-14)16-9-4-5-10-17(16)20(2)18(19)22/h3-10,12,21H,1,11,13H2,2H3. The van der Waals surface area contributed by atoms with E-state index in [0.29, 0.717) is 12.8 Å². The Morgan fingerprint density at radius 2 is 2.00 bits per heavy atom. The Labute approximate surface area is 130 Å². The number of para-hydroxylation sites is 1. The van der Waals surface area contributed by atoms with Crippen LogP contribution in [0.4, 0.5) is 5.69 Å². The Hall–Kier alpha value is -2.55. The smallest absolute Gasteiger partial charge is 0.238 e. The lowest BCUT2D eigenvalue weighted by molar-refractivity contribution is -0.122. The van der Waals surface area contributed by atoms with Crippen molar-refractivity contribution >= 4 is 11.6 Å². The lowest BCUT2D eigenvalue weighted by Crippen LogP contribution is -2.40. The van der Waals surface area contributed by atoms with Gasteiger partial charge < -0.3 is 10.0 Å². The molecule has 0 spiro atoms. The van der Waals surface area contributed by atoms with Gasteiger partial charge in [0.15, 0.2) is 0 Å². The zero-order valence-electron chi connectivity index (χ0n) is 12.6. The summed E-state index contributed by atoms with van der Waals surface area (Å²) in [4.78, 5) is 14.7. The van der Waals surface area contributed by atoms with Crippen molar-refractivity contribution in [3.63, 3.8) is 0 Å². The normalized spacial score (nSPS) is 20.0. The third-order valence-electron chi connectivity index (χ3n) is 4.40. The van der Waals surface area contributed by atoms with Gasteiger partial charge in [-0.3, -0.25) is 4.79 Å². The average molecular weight is 293 g/mol. The third-order valence-corrected chi connectivity index (χ3v) is 4.40. The number of fused-ring (bicyclic) bond motifs is 1. The molecule has 0 saturated heterocycles. The summed E-state index contributed by atoms with van der Waals surface area (Å²) >= 11 is 0. The van der Waals surface area contributed by atoms with Crippen LogP contribution in [0.1, 0.15) is 17.5 Å². The van der Waals surface area contributed by atoms with Crippen LogP contribution in [0.5, 0.6) is 5.75 Å². The number of phenolic OH excluding ortho intramolecular Hbond substituents is 1. The number of likely N-dealkylation sites (N-methyl/N-ethyl adjacent to an activating group) is 1. The van der Waals surface area contributed by atoms with Gasteiger partial charge in [0.25, 0.3) is 0 Å². The molecule has 0 bridgehead atoms. The molecule has 2 aromatic rings. The first-order valence-corrected chi connectivity index (χ1v) is 7.35. The molecule has 112 valence electrons. The van der Waals surface area contributed by atoms with Gasteiger partial charge in [-0.1, -0.05) is 36.4 Å². The Balaban J connectivity index is 2.13. The van der Waals surface area contributed by atoms with Gasteiger partial charge in [-0.2, -0.15) is 0 Å². The zero-order valence-corrected chi connectivity index (χ0v) is 12.6. The lowest BCUT2D eigenvalue weighted by Gasteiger charge is -2.27. The predicted molar refractivity (Wildman–Crippen MR) is 88.2 cm³/mol. The molecule has 0 radical (unpaired) electrons. The molecule has 0 aliphatic carbocycles. The van der Waals surface area contributed by atoms with Crippen molar-refractivity contribution in [3.8, 4) is 5.75 Å². The van der Waals surface area contributed by atoms with E-state index in [4.69, 9.17) is 0 Å². The van der Waals surface area contributed by atoms with Crippen molar-refractivity contribution in [2.75, 3.05) is 11.9 Å². The average Bonchev–Trinajstić information content (AvgIpc) is 2.71. The third kappa shape index (κ3) is 2.10. The summed E-state index contributed by atoms with van der Waals surface area (Å²) in [5.74, 6) is 0.301. The van der Waals surface area contributed by atoms with E-state index in [2.05, 4.69) is 6.58 Å². The minimum Gasteiger partial charge on any atom is -0.508 e. The van der Waals surface area contributed by atoms with Gasteiger partial charge in [-0.05, 0) is 42.2 Å². The maximum atomic E-state index is 13.0. The zero-order chi connectivity index (χ0) is 15.7. The molecule has 2 aromatic carbocycles. The maximum absolute atomic E-state index is 13.0. The number of benzene rings is 2. The second-order valence-corrected chi connectivity index (χ2v) is 5.80. The molecule has 1 aliphatic rings. The molecule has 3 rings (SSSR count). The van der Waals surface area contributed by atoms with Gasteiger partial charge in [0.2, 0.25) is 5.91 Å². The SMILES string of the molecule is C=CCC1(Cc2cccc(O)c2)C(=O)N(C)c2ccccc21. The van der Waals surface area contributed by atoms with Crippen molar-refractivity contribution in [2.24, 2.45) is 0 Å². The quantitative estimate of drug-likeness (QED) is 0.877. The van der Waals surface area contributed by atoms with Crippen LogP contribution in [0.15, 0.2) is 61.2 Å². The number of nitrogens with zero attached hydrogens (tertiary/aromatic N) is 1. The molecule has 1 N–H and O–H groups in total. The van der Waals surface area contributed by atoms with Gasteiger partial charge >= 0.3 is 0 Å². The Bertz CT molecular complexity index is 738. The molecule has 1 unspecified atom stereocenters. The van der Waals surface area contributed by atoms with E-state index in [0.717, 1.165) is 16.8 Å². The van der Waals surface area contributed by atoms with Gasteiger partial charge in [-0.25, -0.2) is 0 Å². The van der Waals surface area contributed by atoms with Crippen LogP contribution in [0.25, 0.3) is 0 Å². The molecule has 1 heterocycles. The molecule has 0 aromatic heterocycles. The fraction of sp³-hybridized carbons (Fsp3) is 0.211. The molecule has 0 saturated carbocycles. The highest BCUT2D eigenvalue weighted by Gasteiger charge is 2.48. The van der Waals surface area contributed by atoms with E-state index in [1.165, 1.54) is 0 Å². The number of anilines is 1. The van der Waals surface area contributed by atoms with Crippen molar-refractivity contribution in [1.82, 2.24) is 0 Å². The van der Waals surface area contributed by atoms with Crippen LogP contribution in [0.3, 0.4) is 0 Å². The van der Waals surface area contributed by atoms with Gasteiger partial charge in [-0.15, -0.1) is 6.58 Å². The minimum atomic E-state index is -0.638. The summed E-state index contributed by atoms with van der Waals surface area (Å²) in [5.41, 5.74) is 2.29. The second-order valence-electron chi connectivity index (χ2n) is 5.80. The predicted octanol–water partition coefficient (Wildman–Crippen LogP) is 3.43. The van der Waals surface area contributed by atoms with Crippen molar-refractivity contribution < 1.29 is 9.90 Å². The van der Waals surface area contributed by atoms with Crippen LogP contribution in [-0.4, -0.2) is 18.1 Å². The van der Waals surface area contributed by atoms with Gasteiger partial charge in [0.1, 0.15) is 5.75 Å². The van der Waals surface area contributed by atoms with Crippen LogP contribution >= 0.6 is 0 Å². The first-order chi connectivity index (χ1) is 10.6. The number of carbonyl (C=O) groups is 1. The van der Waals surface area contributed by atoms with E-state index >= 15 is 0 Å². The Morgan fingerprint density at radius 3 is 2.73 bits per heavy atom. The van der Waals surface area contributed by atoms with Crippen molar-refractivity contribution in [3.05, 3.63) is 72.3 Å². The maximum Gasteiger partial charge on any atom is 0.238 e. The molecule has 22 heavy (non-hydrogen) atoms. The number of carbonyl (C=O) groups excluding carboxylic acids is 1. The van der Waals surface area contributed by atoms with E-state index in [1.807, 2.05) is 37.4 Å². The highest BCUT2D eigenvalue weighted by Crippen LogP contribution is 2.45. The highest BCUT2D eigenvalue weighted by atomic mass is 16.3. The number of aromatic hydroxyl groups is 1. The molecular weight excluding hydrogens is 274 g/mol. The second kappa shape index (κ2) is 5.34. The fourth-order valence-electron chi connectivity index (χ4n) is 3.42. The summed E-state index contributed by atoms with van der Waals surface area (Å²) in [6, 6.07) is 15.0. The summed E-state index contributed by atoms with van der Waals surface area (Å²) in [5, 5.41) is 9.70. The molecule has 3 heteroatoms. The Kier molecular flexibility index (Phi) is 3.49. The van der Waals surface area contributed by atoms with Crippen LogP contribution < -0.4 is 4.90 Å². The summed E-state index contributed by atoms with van der Waals surface area (Å²) < 4.78 is 0. The highest BCUT2D eigenvalue weighted by molar-refractivity contribution is 6.08. The van der Waals surface area contributed by atoms with Gasteiger partial charge in [0, 0.05) is 12.7 Å². The number of hydrogen-bond donors (Lipinski definition) is 1. The van der Waals surface area contributed by atoms with Crippen LogP contribution in [-0.2, 0) is 16.6 Å². The van der Waals surface area contributed by atoms with E-state index in [9.17, 15) is 9.90 Å². The van der Waals surface area contributed by atoms with E-state index in [1.54, 1.807) is 29.2 Å². The minimum absolute atomic E-state index is 0.0805. The molecule has 3 nitrogen and oxygen atoms in total. The van der Waals surface area contributed by atoms with Crippen LogP contribution in [0.2, 0.25) is 0 Å². The first kappa shape index (κ1) is 14.4. The summed E-state index contributed by atoms with van der Waals surface area (Å²) in [7, 11) is 1.81. The molecule has 0 fully saturated rings. The molecule has 1 aliphatic heterocycles. The summed E-state index contributed by atoms with van der Waals surface area (Å²) in [6.45, 7) is 3.84. The topological polar surface area (TPSA) is 40.5 Å². The largest absolute Gasteiger partial charge is 0.508 e. The number of phenols is 1. The number of amides is 1. The van der Waals surface area contributed by atoms with Crippen molar-refractivity contribution in [2.45, 2.75) is 18.3 Å². The molecule has 1 amide bonds. The van der Waals surface area contributed by atoms with E-state index in [-0.39, 0.29) is 11.7 Å². The fourth-order valence-corrected chi connectivity index (χ4v) is 3.42. The first-order valence-electron chi connectivity index (χ1n) is 7.35. The number of hydrogen-bond acceptors (Lipinski definition) is 2. The lowest BCUT2D eigenvalue weighted by atomic mass is 9.74. The van der Waals surface area contributed by atoms with E-state index < -0.39 is 5.41 Å². The van der Waals surface area contributed by atoms with Crippen LogP contribution in [0, 0.1) is 0 Å². The van der Waals surface area contributed by atoms with Crippen molar-refractivity contribution in [1.29, 1.82) is 0 Å². The molecular formula is C19H19NO2. The number of rotatable bonds is 4. The number of allylic oxidation sites excluding steroid dienone is 1. The van der Waals surface area contributed by atoms with Gasteiger partial charge in [0.05, 0.1) is 5.41 Å².